The molecular weight excluding hydrogens is 302 g/mol. The Bertz CT molecular complexity index is 716. The molecule has 2 aromatic rings. The van der Waals surface area contributed by atoms with Gasteiger partial charge in [0.05, 0.1) is 4.92 Å². The van der Waals surface area contributed by atoms with Crippen LogP contribution in [0.5, 0.6) is 0 Å². The number of nitro benzene ring substituents is 1. The van der Waals surface area contributed by atoms with Crippen LogP contribution in [-0.2, 0) is 4.79 Å². The van der Waals surface area contributed by atoms with Gasteiger partial charge in [0.15, 0.2) is 0 Å². The summed E-state index contributed by atoms with van der Waals surface area (Å²) in [6, 6.07) is 12.5. The van der Waals surface area contributed by atoms with E-state index in [2.05, 4.69) is 10.6 Å². The van der Waals surface area contributed by atoms with Gasteiger partial charge in [0.1, 0.15) is 6.04 Å². The topological polar surface area (TPSA) is 122 Å². The Labute approximate surface area is 130 Å². The molecule has 0 spiro atoms. The molecule has 0 aliphatic heterocycles. The van der Waals surface area contributed by atoms with Crippen molar-refractivity contribution < 1.29 is 19.6 Å². The van der Waals surface area contributed by atoms with Crippen LogP contribution in [0.1, 0.15) is 11.6 Å². The minimum Gasteiger partial charge on any atom is -0.465 e. The molecule has 0 bridgehead atoms. The summed E-state index contributed by atoms with van der Waals surface area (Å²) in [7, 11) is 0. The van der Waals surface area contributed by atoms with Crippen LogP contribution < -0.4 is 10.6 Å². The van der Waals surface area contributed by atoms with Crippen LogP contribution in [-0.4, -0.2) is 22.0 Å². The Morgan fingerprint density at radius 2 is 1.65 bits per heavy atom. The van der Waals surface area contributed by atoms with Gasteiger partial charge >= 0.3 is 6.09 Å². The maximum atomic E-state index is 12.3. The van der Waals surface area contributed by atoms with Crippen LogP contribution in [0.15, 0.2) is 54.6 Å². The molecule has 0 aliphatic carbocycles. The Kier molecular flexibility index (Phi) is 4.88. The molecule has 2 rings (SSSR count). The molecule has 1 unspecified atom stereocenters. The van der Waals surface area contributed by atoms with Gasteiger partial charge in [-0.1, -0.05) is 30.3 Å². The number of anilines is 1. The molecule has 0 saturated carbocycles. The van der Waals surface area contributed by atoms with E-state index in [1.54, 1.807) is 30.3 Å². The van der Waals surface area contributed by atoms with E-state index in [1.165, 1.54) is 24.3 Å². The summed E-state index contributed by atoms with van der Waals surface area (Å²) in [5.74, 6) is -0.590. The zero-order chi connectivity index (χ0) is 16.8. The molecule has 8 nitrogen and oxygen atoms in total. The van der Waals surface area contributed by atoms with Crippen molar-refractivity contribution in [2.24, 2.45) is 0 Å². The van der Waals surface area contributed by atoms with Crippen molar-refractivity contribution in [2.75, 3.05) is 5.32 Å². The molecule has 0 heterocycles. The smallest absolute Gasteiger partial charge is 0.405 e. The first-order valence-corrected chi connectivity index (χ1v) is 6.57. The van der Waals surface area contributed by atoms with Gasteiger partial charge in [-0.05, 0) is 17.7 Å². The highest BCUT2D eigenvalue weighted by molar-refractivity contribution is 5.97. The van der Waals surface area contributed by atoms with E-state index in [1.807, 2.05) is 0 Å². The number of carbonyl (C=O) groups excluding carboxylic acids is 1. The van der Waals surface area contributed by atoms with Gasteiger partial charge in [-0.15, -0.1) is 0 Å². The molecule has 2 aromatic carbocycles. The van der Waals surface area contributed by atoms with E-state index in [-0.39, 0.29) is 5.69 Å². The van der Waals surface area contributed by atoms with Crippen LogP contribution in [0.2, 0.25) is 0 Å². The summed E-state index contributed by atoms with van der Waals surface area (Å²) in [5.41, 5.74) is 0.703. The number of benzene rings is 2. The fraction of sp³-hybridized carbons (Fsp3) is 0.0667. The van der Waals surface area contributed by atoms with E-state index in [0.717, 1.165) is 0 Å². The van der Waals surface area contributed by atoms with E-state index in [9.17, 15) is 19.7 Å². The Morgan fingerprint density at radius 1 is 1.04 bits per heavy atom. The van der Waals surface area contributed by atoms with Crippen molar-refractivity contribution in [1.82, 2.24) is 5.32 Å². The van der Waals surface area contributed by atoms with Crippen LogP contribution >= 0.6 is 0 Å². The highest BCUT2D eigenvalue weighted by Gasteiger charge is 2.22. The maximum Gasteiger partial charge on any atom is 0.405 e. The first-order valence-electron chi connectivity index (χ1n) is 6.57. The van der Waals surface area contributed by atoms with Crippen LogP contribution in [0.25, 0.3) is 0 Å². The largest absolute Gasteiger partial charge is 0.465 e. The van der Waals surface area contributed by atoms with Gasteiger partial charge in [-0.2, -0.15) is 0 Å². The fourth-order valence-electron chi connectivity index (χ4n) is 1.95. The highest BCUT2D eigenvalue weighted by atomic mass is 16.6. The second-order valence-corrected chi connectivity index (χ2v) is 4.59. The zero-order valence-electron chi connectivity index (χ0n) is 11.8. The number of nitrogens with one attached hydrogen (secondary N) is 2. The normalized spacial score (nSPS) is 11.3. The lowest BCUT2D eigenvalue weighted by Crippen LogP contribution is -2.36. The predicted molar refractivity (Wildman–Crippen MR) is 82.1 cm³/mol. The standard InChI is InChI=1S/C15H13N3O5/c19-14(16-11-6-8-12(9-7-11)18(22)23)13(17-15(20)21)10-4-2-1-3-5-10/h1-9,13,17H,(H,16,19)(H,20,21). The number of non-ortho nitro benzene ring substituents is 1. The average Bonchev–Trinajstić information content (AvgIpc) is 2.53. The van der Waals surface area contributed by atoms with E-state index >= 15 is 0 Å². The molecule has 0 aromatic heterocycles. The number of carboxylic acid groups (broad SMARTS) is 1. The lowest BCUT2D eigenvalue weighted by molar-refractivity contribution is -0.384. The quantitative estimate of drug-likeness (QED) is 0.578. The monoisotopic (exact) mass is 315 g/mol. The third kappa shape index (κ3) is 4.27. The fourth-order valence-corrected chi connectivity index (χ4v) is 1.95. The summed E-state index contributed by atoms with van der Waals surface area (Å²) in [5, 5.41) is 24.2. The van der Waals surface area contributed by atoms with Crippen LogP contribution in [0.4, 0.5) is 16.2 Å². The third-order valence-corrected chi connectivity index (χ3v) is 3.01. The summed E-state index contributed by atoms with van der Waals surface area (Å²) in [4.78, 5) is 33.2. The lowest BCUT2D eigenvalue weighted by atomic mass is 10.1. The molecule has 2 amide bonds. The Morgan fingerprint density at radius 3 is 2.17 bits per heavy atom. The minimum atomic E-state index is -1.34. The van der Waals surface area contributed by atoms with Crippen molar-refractivity contribution >= 4 is 23.4 Å². The maximum absolute atomic E-state index is 12.3. The number of amides is 2. The van der Waals surface area contributed by atoms with E-state index in [4.69, 9.17) is 5.11 Å². The van der Waals surface area contributed by atoms with Gasteiger partial charge in [-0.25, -0.2) is 4.79 Å². The summed E-state index contributed by atoms with van der Waals surface area (Å²) < 4.78 is 0. The van der Waals surface area contributed by atoms with Gasteiger partial charge in [0.25, 0.3) is 11.6 Å². The first-order chi connectivity index (χ1) is 11.0. The Balaban J connectivity index is 2.17. The molecule has 0 fully saturated rings. The average molecular weight is 315 g/mol. The number of hydrogen-bond donors (Lipinski definition) is 3. The van der Waals surface area contributed by atoms with Crippen molar-refractivity contribution in [3.8, 4) is 0 Å². The van der Waals surface area contributed by atoms with Crippen molar-refractivity contribution in [3.05, 3.63) is 70.3 Å². The number of nitro groups is 1. The summed E-state index contributed by atoms with van der Waals surface area (Å²) >= 11 is 0. The molecule has 0 radical (unpaired) electrons. The summed E-state index contributed by atoms with van der Waals surface area (Å²) in [6.07, 6.45) is -1.34. The number of nitrogens with zero attached hydrogens (tertiary/aromatic N) is 1. The second kappa shape index (κ2) is 7.03. The van der Waals surface area contributed by atoms with Gasteiger partial charge in [0, 0.05) is 17.8 Å². The van der Waals surface area contributed by atoms with Crippen LogP contribution in [0, 0.1) is 10.1 Å². The van der Waals surface area contributed by atoms with Crippen molar-refractivity contribution in [1.29, 1.82) is 0 Å². The minimum absolute atomic E-state index is 0.105. The zero-order valence-corrected chi connectivity index (χ0v) is 11.8. The molecule has 1 atom stereocenters. The van der Waals surface area contributed by atoms with E-state index in [0.29, 0.717) is 11.3 Å². The lowest BCUT2D eigenvalue weighted by Gasteiger charge is -2.17. The highest BCUT2D eigenvalue weighted by Crippen LogP contribution is 2.18. The molecule has 0 aliphatic rings. The molecule has 3 N–H and O–H groups in total. The third-order valence-electron chi connectivity index (χ3n) is 3.01. The van der Waals surface area contributed by atoms with Crippen molar-refractivity contribution in [3.63, 3.8) is 0 Å². The SMILES string of the molecule is O=C(O)NC(C(=O)Nc1ccc([N+](=O)[O-])cc1)c1ccccc1. The Hall–Kier alpha value is -3.42. The molecule has 118 valence electrons. The molecular formula is C15H13N3O5. The number of hydrogen-bond acceptors (Lipinski definition) is 4. The summed E-state index contributed by atoms with van der Waals surface area (Å²) in [6.45, 7) is 0. The van der Waals surface area contributed by atoms with Crippen molar-refractivity contribution in [2.45, 2.75) is 6.04 Å². The van der Waals surface area contributed by atoms with Gasteiger partial charge < -0.3 is 15.7 Å². The molecule has 0 saturated heterocycles. The molecule has 8 heteroatoms. The van der Waals surface area contributed by atoms with E-state index < -0.39 is 23.0 Å². The first kappa shape index (κ1) is 16.0. The second-order valence-electron chi connectivity index (χ2n) is 4.59. The number of rotatable bonds is 5. The predicted octanol–water partition coefficient (Wildman–Crippen LogP) is 2.54. The molecule has 23 heavy (non-hydrogen) atoms. The van der Waals surface area contributed by atoms with Gasteiger partial charge in [-0.3, -0.25) is 14.9 Å². The van der Waals surface area contributed by atoms with Gasteiger partial charge in [0.2, 0.25) is 0 Å². The van der Waals surface area contributed by atoms with Crippen LogP contribution in [0.3, 0.4) is 0 Å². The number of carbonyl (C=O) groups is 2.